The largest absolute Gasteiger partial charge is 0.426 e. The summed E-state index contributed by atoms with van der Waals surface area (Å²) < 4.78 is 25.2. The number of nitrogen functional groups attached to an aromatic ring is 1. The van der Waals surface area contributed by atoms with Crippen LogP contribution in [0.4, 0.5) is 5.69 Å². The molecule has 1 aliphatic rings. The summed E-state index contributed by atoms with van der Waals surface area (Å²) in [6.45, 7) is 11.0. The monoisotopic (exact) mass is 373 g/mol. The van der Waals surface area contributed by atoms with Crippen LogP contribution in [-0.4, -0.2) is 21.3 Å². The van der Waals surface area contributed by atoms with Gasteiger partial charge in [-0.25, -0.2) is 4.21 Å². The van der Waals surface area contributed by atoms with Crippen molar-refractivity contribution in [2.24, 2.45) is 5.41 Å². The Bertz CT molecular complexity index is 759. The Morgan fingerprint density at radius 2 is 1.73 bits per heavy atom. The van der Waals surface area contributed by atoms with Crippen LogP contribution in [0.15, 0.2) is 53.4 Å². The van der Waals surface area contributed by atoms with Crippen molar-refractivity contribution in [1.29, 1.82) is 0 Å². The van der Waals surface area contributed by atoms with Crippen LogP contribution >= 0.6 is 0 Å². The van der Waals surface area contributed by atoms with E-state index in [0.717, 1.165) is 17.6 Å². The molecule has 1 aliphatic heterocycles. The summed E-state index contributed by atoms with van der Waals surface area (Å²) in [5, 5.41) is 0. The molecule has 0 saturated carbocycles. The Morgan fingerprint density at radius 1 is 1.12 bits per heavy atom. The van der Waals surface area contributed by atoms with E-state index in [-0.39, 0.29) is 17.9 Å². The van der Waals surface area contributed by atoms with Gasteiger partial charge >= 0.3 is 6.92 Å². The van der Waals surface area contributed by atoms with Gasteiger partial charge in [0, 0.05) is 5.69 Å². The highest BCUT2D eigenvalue weighted by Crippen LogP contribution is 2.45. The van der Waals surface area contributed by atoms with Crippen LogP contribution in [0.1, 0.15) is 33.3 Å². The molecule has 0 aliphatic carbocycles. The van der Waals surface area contributed by atoms with Crippen LogP contribution in [-0.2, 0) is 15.7 Å². The fraction of sp³-hybridized carbons (Fsp3) is 0.400. The lowest BCUT2D eigenvalue weighted by molar-refractivity contribution is 0.0375. The van der Waals surface area contributed by atoms with Gasteiger partial charge in [0.1, 0.15) is 0 Å². The van der Waals surface area contributed by atoms with Crippen LogP contribution in [0.5, 0.6) is 0 Å². The fourth-order valence-electron chi connectivity index (χ4n) is 2.87. The molecule has 3 N–H and O–H groups in total. The average Bonchev–Trinajstić information content (AvgIpc) is 2.76. The topological polar surface area (TPSA) is 72.5 Å². The molecule has 1 unspecified atom stereocenters. The zero-order valence-corrected chi connectivity index (χ0v) is 17.0. The highest BCUT2D eigenvalue weighted by Gasteiger charge is 2.49. The van der Waals surface area contributed by atoms with E-state index in [9.17, 15) is 4.21 Å². The van der Waals surface area contributed by atoms with Crippen molar-refractivity contribution in [1.82, 2.24) is 0 Å². The van der Waals surface area contributed by atoms with Gasteiger partial charge in [0.05, 0.1) is 10.5 Å². The van der Waals surface area contributed by atoms with Gasteiger partial charge in [-0.1, -0.05) is 43.7 Å². The predicted octanol–water partition coefficient (Wildman–Crippen LogP) is 3.88. The van der Waals surface area contributed by atoms with Gasteiger partial charge in [0.2, 0.25) is 0 Å². The Morgan fingerprint density at radius 3 is 2.19 bits per heavy atom. The predicted molar refractivity (Wildman–Crippen MR) is 110 cm³/mol. The lowest BCUT2D eigenvalue weighted by atomic mass is 9.54. The van der Waals surface area contributed by atoms with Crippen molar-refractivity contribution < 1.29 is 13.4 Å². The smallest absolute Gasteiger partial charge is 0.328 e. The molecule has 0 spiro atoms. The molecule has 1 heterocycles. The Kier molecular flexibility index (Phi) is 6.32. The molecule has 6 heteroatoms. The van der Waals surface area contributed by atoms with Crippen molar-refractivity contribution in [2.75, 3.05) is 5.73 Å². The minimum absolute atomic E-state index is 0.0811. The van der Waals surface area contributed by atoms with E-state index in [1.54, 1.807) is 12.1 Å². The summed E-state index contributed by atoms with van der Waals surface area (Å²) in [5.74, 6) is 0. The van der Waals surface area contributed by atoms with Crippen LogP contribution in [0.25, 0.3) is 0 Å². The zero-order valence-electron chi connectivity index (χ0n) is 16.2. The lowest BCUT2D eigenvalue weighted by Gasteiger charge is -2.34. The Hall–Kier alpha value is -1.63. The molecule has 1 atom stereocenters. The maximum atomic E-state index is 10.4. The van der Waals surface area contributed by atoms with E-state index in [1.807, 2.05) is 37.3 Å². The van der Waals surface area contributed by atoms with E-state index in [4.69, 9.17) is 14.9 Å². The molecule has 4 nitrogen and oxygen atoms in total. The van der Waals surface area contributed by atoms with Gasteiger partial charge < -0.3 is 14.9 Å². The second-order valence-electron chi connectivity index (χ2n) is 7.94. The third-order valence-corrected chi connectivity index (χ3v) is 5.94. The molecule has 0 bridgehead atoms. The molecule has 2 aromatic carbocycles. The molecule has 0 radical (unpaired) electrons. The van der Waals surface area contributed by atoms with Crippen LogP contribution in [0.2, 0.25) is 6.32 Å². The first-order valence-electron chi connectivity index (χ1n) is 8.73. The standard InChI is InChI=1S/C13H20BNO.C7H8O2S/c1-12(2)9-14(16-13(12,3)4)10-6-5-7-11(15)8-10;1-6-2-4-7(5-3-6)10(8)9/h5-8H,9,15H2,1-4H3;2-5H,1H3,(H,8,9). The van der Waals surface area contributed by atoms with Crippen molar-refractivity contribution >= 4 is 29.1 Å². The number of nitrogens with two attached hydrogens (primary N) is 1. The van der Waals surface area contributed by atoms with Crippen LogP contribution < -0.4 is 11.2 Å². The fourth-order valence-corrected chi connectivity index (χ4v) is 3.23. The Labute approximate surface area is 159 Å². The number of benzene rings is 2. The zero-order chi connectivity index (χ0) is 19.5. The van der Waals surface area contributed by atoms with E-state index in [0.29, 0.717) is 4.90 Å². The van der Waals surface area contributed by atoms with Gasteiger partial charge in [-0.05, 0) is 62.2 Å². The van der Waals surface area contributed by atoms with E-state index >= 15 is 0 Å². The number of hydrogen-bond donors (Lipinski definition) is 2. The first-order chi connectivity index (χ1) is 12.0. The first-order valence-corrected chi connectivity index (χ1v) is 9.83. The molecule has 140 valence electrons. The number of anilines is 1. The molecular formula is C20H28BNO3S. The molecule has 1 saturated heterocycles. The third-order valence-electron chi connectivity index (χ3n) is 5.27. The summed E-state index contributed by atoms with van der Waals surface area (Å²) >= 11 is -1.84. The van der Waals surface area contributed by atoms with E-state index in [1.165, 1.54) is 5.46 Å². The maximum absolute atomic E-state index is 10.4. The van der Waals surface area contributed by atoms with Gasteiger partial charge in [-0.15, -0.1) is 0 Å². The second-order valence-corrected chi connectivity index (χ2v) is 8.91. The lowest BCUT2D eigenvalue weighted by Crippen LogP contribution is -2.36. The maximum Gasteiger partial charge on any atom is 0.328 e. The van der Waals surface area contributed by atoms with Crippen molar-refractivity contribution in [2.45, 2.75) is 51.4 Å². The van der Waals surface area contributed by atoms with Crippen LogP contribution in [0.3, 0.4) is 0 Å². The number of aryl methyl sites for hydroxylation is 1. The van der Waals surface area contributed by atoms with Gasteiger partial charge in [-0.2, -0.15) is 0 Å². The minimum atomic E-state index is -1.84. The molecular weight excluding hydrogens is 345 g/mol. The second kappa shape index (κ2) is 7.95. The first kappa shape index (κ1) is 20.7. The number of hydrogen-bond acceptors (Lipinski definition) is 3. The van der Waals surface area contributed by atoms with E-state index in [2.05, 4.69) is 33.8 Å². The molecule has 26 heavy (non-hydrogen) atoms. The highest BCUT2D eigenvalue weighted by molar-refractivity contribution is 7.79. The summed E-state index contributed by atoms with van der Waals surface area (Å²) in [6, 6.07) is 14.9. The van der Waals surface area contributed by atoms with Crippen molar-refractivity contribution in [3.63, 3.8) is 0 Å². The average molecular weight is 373 g/mol. The Balaban J connectivity index is 0.000000209. The van der Waals surface area contributed by atoms with Crippen molar-refractivity contribution in [3.05, 3.63) is 54.1 Å². The summed E-state index contributed by atoms with van der Waals surface area (Å²) in [4.78, 5) is 0.450. The summed E-state index contributed by atoms with van der Waals surface area (Å²) in [5.41, 5.74) is 9.02. The van der Waals surface area contributed by atoms with Gasteiger partial charge in [0.15, 0.2) is 11.1 Å². The molecule has 0 aromatic heterocycles. The SMILES string of the molecule is CC1(C)CB(c2cccc(N)c2)OC1(C)C.Cc1ccc(S(=O)O)cc1. The minimum Gasteiger partial charge on any atom is -0.426 e. The van der Waals surface area contributed by atoms with E-state index < -0.39 is 11.1 Å². The molecule has 0 amide bonds. The van der Waals surface area contributed by atoms with Crippen LogP contribution in [0, 0.1) is 12.3 Å². The van der Waals surface area contributed by atoms with Gasteiger partial charge in [0.25, 0.3) is 0 Å². The summed E-state index contributed by atoms with van der Waals surface area (Å²) in [7, 11) is 0. The van der Waals surface area contributed by atoms with Gasteiger partial charge in [-0.3, -0.25) is 0 Å². The molecule has 3 rings (SSSR count). The summed E-state index contributed by atoms with van der Waals surface area (Å²) in [6.07, 6.45) is 1.05. The quantitative estimate of drug-likeness (QED) is 0.476. The highest BCUT2D eigenvalue weighted by atomic mass is 32.2. The normalized spacial score (nSPS) is 18.8. The molecule has 2 aromatic rings. The third kappa shape index (κ3) is 4.97. The number of rotatable bonds is 2. The van der Waals surface area contributed by atoms with Crippen molar-refractivity contribution in [3.8, 4) is 0 Å². The molecule has 1 fully saturated rings.